The van der Waals surface area contributed by atoms with E-state index in [-0.39, 0.29) is 40.8 Å². The first-order chi connectivity index (χ1) is 19.6. The zero-order chi connectivity index (χ0) is 30.8. The monoisotopic (exact) mass is 618 g/mol. The number of aromatic nitrogens is 6. The van der Waals surface area contributed by atoms with Gasteiger partial charge in [0.25, 0.3) is 0 Å². The number of hydrogen-bond acceptors (Lipinski definition) is 12. The maximum Gasteiger partial charge on any atom is 0.406 e. The molecule has 5 rings (SSSR count). The summed E-state index contributed by atoms with van der Waals surface area (Å²) in [5.74, 6) is 0.696. The Bertz CT molecular complexity index is 1520. The van der Waals surface area contributed by atoms with Crippen molar-refractivity contribution in [2.75, 3.05) is 61.5 Å². The number of anilines is 3. The van der Waals surface area contributed by atoms with E-state index in [1.54, 1.807) is 9.80 Å². The van der Waals surface area contributed by atoms with Gasteiger partial charge in [-0.2, -0.15) is 21.6 Å². The Morgan fingerprint density at radius 1 is 1.07 bits per heavy atom. The van der Waals surface area contributed by atoms with Gasteiger partial charge in [-0.15, -0.1) is 0 Å². The van der Waals surface area contributed by atoms with Crippen LogP contribution in [0.5, 0.6) is 0 Å². The minimum atomic E-state index is -4.67. The summed E-state index contributed by atoms with van der Waals surface area (Å²) < 4.78 is 79.6. The Morgan fingerprint density at radius 3 is 2.24 bits per heavy atom. The fourth-order valence-electron chi connectivity index (χ4n) is 4.73. The number of imidazole rings is 1. The van der Waals surface area contributed by atoms with Gasteiger partial charge in [-0.05, 0) is 6.92 Å². The Morgan fingerprint density at radius 2 is 1.69 bits per heavy atom. The number of ether oxygens (including phenoxy) is 1. The number of alkyl halides is 3. The second-order valence-corrected chi connectivity index (χ2v) is 10.4. The molecule has 2 fully saturated rings. The lowest BCUT2D eigenvalue weighted by atomic mass is 10.2. The van der Waals surface area contributed by atoms with Gasteiger partial charge in [0.15, 0.2) is 22.8 Å². The molecule has 0 spiro atoms. The molecule has 42 heavy (non-hydrogen) atoms. The van der Waals surface area contributed by atoms with Crippen LogP contribution in [0.2, 0.25) is 0 Å². The molecule has 20 heteroatoms. The molecular weight excluding hydrogens is 589 g/mol. The van der Waals surface area contributed by atoms with Crippen LogP contribution in [0.15, 0.2) is 12.4 Å². The number of hydrogen-bond donors (Lipinski definition) is 3. The predicted octanol–water partition coefficient (Wildman–Crippen LogP) is 0.669. The Hall–Kier alpha value is -3.88. The number of morpholine rings is 1. The molecule has 0 bridgehead atoms. The van der Waals surface area contributed by atoms with Crippen molar-refractivity contribution in [1.82, 2.24) is 34.4 Å². The van der Waals surface area contributed by atoms with Gasteiger partial charge < -0.3 is 25.2 Å². The van der Waals surface area contributed by atoms with Gasteiger partial charge in [-0.1, -0.05) is 0 Å². The minimum absolute atomic E-state index is 0.0530. The topological polar surface area (TPSA) is 206 Å². The second kappa shape index (κ2) is 12.2. The lowest BCUT2D eigenvalue weighted by Crippen LogP contribution is -2.54. The van der Waals surface area contributed by atoms with Crippen LogP contribution >= 0.6 is 0 Å². The standard InChI is InChI=1S/C22H27F3N10O2.H2O4S/c1-13-11-33(3-4-34(13)14(2)36)21-29-16-18(32-5-7-37-8-6-32)30-17(15-9-27-20(26)28-10-15)31-19(16)35(21)12-22(23,24)25;1-5(2,3)4/h9-10,13H,3-8,11-12H2,1-2H3,(H2,26,27,28);(H2,1,2,3,4)/t13-;/m1./s1. The normalized spacial score (nSPS) is 18.2. The number of carbonyl (C=O) groups is 1. The second-order valence-electron chi connectivity index (χ2n) is 9.54. The molecule has 3 aromatic heterocycles. The molecule has 0 saturated carbocycles. The molecule has 230 valence electrons. The lowest BCUT2D eigenvalue weighted by Gasteiger charge is -2.40. The summed E-state index contributed by atoms with van der Waals surface area (Å²) in [6.07, 6.45) is -1.66. The van der Waals surface area contributed by atoms with Crippen molar-refractivity contribution in [3.05, 3.63) is 12.4 Å². The van der Waals surface area contributed by atoms with Gasteiger partial charge in [-0.3, -0.25) is 18.5 Å². The van der Waals surface area contributed by atoms with E-state index >= 15 is 0 Å². The van der Waals surface area contributed by atoms with Gasteiger partial charge in [0.2, 0.25) is 17.8 Å². The van der Waals surface area contributed by atoms with E-state index in [1.165, 1.54) is 19.3 Å². The summed E-state index contributed by atoms with van der Waals surface area (Å²) in [5, 5.41) is 0. The molecule has 2 aliphatic rings. The third kappa shape index (κ3) is 7.69. The molecule has 1 amide bonds. The third-order valence-electron chi connectivity index (χ3n) is 6.45. The maximum absolute atomic E-state index is 13.8. The summed E-state index contributed by atoms with van der Waals surface area (Å²) in [6.45, 7) is 5.02. The third-order valence-corrected chi connectivity index (χ3v) is 6.45. The first kappa shape index (κ1) is 31.1. The van der Waals surface area contributed by atoms with Gasteiger partial charge in [0.1, 0.15) is 6.54 Å². The maximum atomic E-state index is 13.8. The zero-order valence-corrected chi connectivity index (χ0v) is 23.4. The number of carbonyl (C=O) groups excluding carboxylic acids is 1. The number of fused-ring (bicyclic) bond motifs is 1. The SMILES string of the molecule is CC(=O)N1CCN(c2nc3c(N4CCOCC4)nc(-c4cnc(N)nc4)nc3n2CC(F)(F)F)C[C@H]1C.O=S(=O)(O)O. The summed E-state index contributed by atoms with van der Waals surface area (Å²) in [7, 11) is -4.67. The highest BCUT2D eigenvalue weighted by molar-refractivity contribution is 7.79. The molecule has 0 radical (unpaired) electrons. The van der Waals surface area contributed by atoms with Gasteiger partial charge in [-0.25, -0.2) is 24.9 Å². The average Bonchev–Trinajstić information content (AvgIpc) is 3.24. The summed E-state index contributed by atoms with van der Waals surface area (Å²) >= 11 is 0. The Labute approximate surface area is 237 Å². The van der Waals surface area contributed by atoms with Crippen molar-refractivity contribution in [2.24, 2.45) is 0 Å². The van der Waals surface area contributed by atoms with Crippen molar-refractivity contribution in [3.8, 4) is 11.4 Å². The van der Waals surface area contributed by atoms with E-state index in [0.717, 1.165) is 4.57 Å². The molecule has 0 aromatic carbocycles. The average molecular weight is 619 g/mol. The van der Waals surface area contributed by atoms with Crippen molar-refractivity contribution >= 4 is 45.2 Å². The van der Waals surface area contributed by atoms with Crippen LogP contribution in [0, 0.1) is 0 Å². The zero-order valence-electron chi connectivity index (χ0n) is 22.6. The number of nitrogen functional groups attached to an aromatic ring is 1. The fraction of sp³-hybridized carbons (Fsp3) is 0.545. The highest BCUT2D eigenvalue weighted by Gasteiger charge is 2.35. The number of rotatable bonds is 4. The van der Waals surface area contributed by atoms with E-state index in [4.69, 9.17) is 28.0 Å². The molecule has 0 unspecified atom stereocenters. The van der Waals surface area contributed by atoms with Gasteiger partial charge in [0, 0.05) is 58.1 Å². The molecule has 5 heterocycles. The lowest BCUT2D eigenvalue weighted by molar-refractivity contribution is -0.139. The van der Waals surface area contributed by atoms with Crippen LogP contribution in [0.1, 0.15) is 13.8 Å². The highest BCUT2D eigenvalue weighted by Crippen LogP contribution is 2.34. The summed E-state index contributed by atoms with van der Waals surface area (Å²) in [6, 6.07) is -0.197. The van der Waals surface area contributed by atoms with Crippen LogP contribution in [-0.4, -0.2) is 116 Å². The number of nitrogens with two attached hydrogens (primary N) is 1. The van der Waals surface area contributed by atoms with Crippen LogP contribution in [0.25, 0.3) is 22.6 Å². The molecule has 2 saturated heterocycles. The Kier molecular flexibility index (Phi) is 8.99. The fourth-order valence-corrected chi connectivity index (χ4v) is 4.73. The quantitative estimate of drug-likeness (QED) is 0.344. The van der Waals surface area contributed by atoms with Crippen molar-refractivity contribution < 1.29 is 40.2 Å². The molecule has 16 nitrogen and oxygen atoms in total. The van der Waals surface area contributed by atoms with Gasteiger partial charge >= 0.3 is 16.6 Å². The number of halogens is 3. The molecule has 2 aliphatic heterocycles. The molecule has 3 aromatic rings. The smallest absolute Gasteiger partial charge is 0.378 e. The number of amides is 1. The summed E-state index contributed by atoms with van der Waals surface area (Å²) in [4.78, 5) is 39.2. The largest absolute Gasteiger partial charge is 0.406 e. The van der Waals surface area contributed by atoms with Crippen molar-refractivity contribution in [1.29, 1.82) is 0 Å². The highest BCUT2D eigenvalue weighted by atomic mass is 32.3. The first-order valence-electron chi connectivity index (χ1n) is 12.6. The minimum Gasteiger partial charge on any atom is -0.378 e. The van der Waals surface area contributed by atoms with E-state index in [0.29, 0.717) is 57.3 Å². The predicted molar refractivity (Wildman–Crippen MR) is 143 cm³/mol. The van der Waals surface area contributed by atoms with Crippen LogP contribution < -0.4 is 15.5 Å². The van der Waals surface area contributed by atoms with E-state index in [1.807, 2.05) is 11.8 Å². The molecule has 1 atom stereocenters. The van der Waals surface area contributed by atoms with Crippen molar-refractivity contribution in [3.63, 3.8) is 0 Å². The molecule has 0 aliphatic carbocycles. The first-order valence-corrected chi connectivity index (χ1v) is 14.0. The van der Waals surface area contributed by atoms with E-state index < -0.39 is 23.1 Å². The van der Waals surface area contributed by atoms with Gasteiger partial charge in [0.05, 0.1) is 18.8 Å². The summed E-state index contributed by atoms with van der Waals surface area (Å²) in [5.41, 5.74) is 6.34. The van der Waals surface area contributed by atoms with E-state index in [9.17, 15) is 18.0 Å². The van der Waals surface area contributed by atoms with Crippen LogP contribution in [-0.2, 0) is 26.5 Å². The number of nitrogens with zero attached hydrogens (tertiary/aromatic N) is 9. The number of piperazine rings is 1. The molecular formula is C22H29F3N10O6S. The van der Waals surface area contributed by atoms with Crippen LogP contribution in [0.4, 0.5) is 30.9 Å². The van der Waals surface area contributed by atoms with Crippen molar-refractivity contribution in [2.45, 2.75) is 32.6 Å². The van der Waals surface area contributed by atoms with E-state index in [2.05, 4.69) is 24.9 Å². The van der Waals surface area contributed by atoms with Crippen LogP contribution in [0.3, 0.4) is 0 Å². The Balaban J connectivity index is 0.000000748. The molecule has 4 N–H and O–H groups in total.